The lowest BCUT2D eigenvalue weighted by atomic mass is 10.0. The summed E-state index contributed by atoms with van der Waals surface area (Å²) in [5, 5.41) is 0. The molecule has 2 aromatic heterocycles. The topological polar surface area (TPSA) is 51.6 Å². The van der Waals surface area contributed by atoms with Crippen LogP contribution in [0.5, 0.6) is 0 Å². The zero-order chi connectivity index (χ0) is 25.0. The van der Waals surface area contributed by atoms with Gasteiger partial charge in [-0.05, 0) is 24.6 Å². The predicted octanol–water partition coefficient (Wildman–Crippen LogP) is 7.91. The Bertz CT molecular complexity index is 1610. The van der Waals surface area contributed by atoms with Crippen molar-refractivity contribution in [1.29, 1.82) is 0 Å². The van der Waals surface area contributed by atoms with Crippen LogP contribution in [0.1, 0.15) is 5.69 Å². The Labute approximate surface area is 216 Å². The van der Waals surface area contributed by atoms with Crippen LogP contribution < -0.4 is 0 Å². The van der Waals surface area contributed by atoms with E-state index in [1.165, 1.54) is 5.56 Å². The fraction of sp³-hybridized carbons (Fsp3) is 0.0303. The van der Waals surface area contributed by atoms with Gasteiger partial charge < -0.3 is 0 Å². The molecule has 4 nitrogen and oxygen atoms in total. The molecule has 0 aliphatic heterocycles. The molecular formula is C33H24N4. The van der Waals surface area contributed by atoms with Gasteiger partial charge >= 0.3 is 0 Å². The van der Waals surface area contributed by atoms with Crippen molar-refractivity contribution < 1.29 is 0 Å². The number of nitrogens with zero attached hydrogens (tertiary/aromatic N) is 4. The Morgan fingerprint density at radius 3 is 1.38 bits per heavy atom. The number of aromatic nitrogens is 4. The third-order valence-corrected chi connectivity index (χ3v) is 6.29. The molecule has 0 fully saturated rings. The predicted molar refractivity (Wildman–Crippen MR) is 150 cm³/mol. The third kappa shape index (κ3) is 4.78. The fourth-order valence-corrected chi connectivity index (χ4v) is 4.40. The lowest BCUT2D eigenvalue weighted by Crippen LogP contribution is -2.00. The first kappa shape index (κ1) is 22.5. The number of hydrogen-bond acceptors (Lipinski definition) is 4. The summed E-state index contributed by atoms with van der Waals surface area (Å²) in [7, 11) is 0. The minimum atomic E-state index is 0.632. The molecule has 2 heterocycles. The van der Waals surface area contributed by atoms with Gasteiger partial charge in [-0.25, -0.2) is 15.0 Å². The summed E-state index contributed by atoms with van der Waals surface area (Å²) < 4.78 is 0. The Balaban J connectivity index is 1.43. The zero-order valence-corrected chi connectivity index (χ0v) is 20.4. The normalized spacial score (nSPS) is 10.8. The largest absolute Gasteiger partial charge is 0.252 e. The molecule has 0 unspecified atom stereocenters. The van der Waals surface area contributed by atoms with E-state index in [0.717, 1.165) is 39.2 Å². The fourth-order valence-electron chi connectivity index (χ4n) is 4.40. The number of rotatable bonds is 5. The molecule has 37 heavy (non-hydrogen) atoms. The van der Waals surface area contributed by atoms with Gasteiger partial charge in [-0.3, -0.25) is 4.98 Å². The third-order valence-electron chi connectivity index (χ3n) is 6.29. The first-order chi connectivity index (χ1) is 18.2. The maximum absolute atomic E-state index is 4.93. The minimum absolute atomic E-state index is 0.632. The maximum atomic E-state index is 4.93. The minimum Gasteiger partial charge on any atom is -0.252 e. The SMILES string of the molecule is Cc1nc(-c2cccc(-c3nc(-c4ccccc4)nc(-c4ccccc4)n3)c2)ccc1-c1ccccc1. The zero-order valence-electron chi connectivity index (χ0n) is 20.4. The number of benzene rings is 4. The molecule has 0 atom stereocenters. The van der Waals surface area contributed by atoms with Gasteiger partial charge in [0.25, 0.3) is 0 Å². The highest BCUT2D eigenvalue weighted by molar-refractivity contribution is 5.73. The molecule has 4 heteroatoms. The van der Waals surface area contributed by atoms with E-state index in [1.54, 1.807) is 0 Å². The Morgan fingerprint density at radius 1 is 0.378 bits per heavy atom. The summed E-state index contributed by atoms with van der Waals surface area (Å²) in [6.07, 6.45) is 0. The average Bonchev–Trinajstić information content (AvgIpc) is 2.98. The van der Waals surface area contributed by atoms with E-state index in [0.29, 0.717) is 17.5 Å². The van der Waals surface area contributed by atoms with E-state index in [-0.39, 0.29) is 0 Å². The van der Waals surface area contributed by atoms with Crippen molar-refractivity contribution in [3.8, 4) is 56.5 Å². The van der Waals surface area contributed by atoms with Crippen molar-refractivity contribution in [2.75, 3.05) is 0 Å². The van der Waals surface area contributed by atoms with Gasteiger partial charge in [0.2, 0.25) is 0 Å². The van der Waals surface area contributed by atoms with Gasteiger partial charge in [-0.1, -0.05) is 115 Å². The van der Waals surface area contributed by atoms with Gasteiger partial charge in [0.15, 0.2) is 17.5 Å². The molecule has 0 bridgehead atoms. The van der Waals surface area contributed by atoms with Gasteiger partial charge in [0.1, 0.15) is 0 Å². The van der Waals surface area contributed by atoms with Crippen LogP contribution in [-0.2, 0) is 0 Å². The quantitative estimate of drug-likeness (QED) is 0.254. The summed E-state index contributed by atoms with van der Waals surface area (Å²) in [6, 6.07) is 42.8. The van der Waals surface area contributed by atoms with Crippen LogP contribution in [0.3, 0.4) is 0 Å². The lowest BCUT2D eigenvalue weighted by molar-refractivity contribution is 1.07. The molecule has 6 rings (SSSR count). The summed E-state index contributed by atoms with van der Waals surface area (Å²) in [4.78, 5) is 19.5. The van der Waals surface area contributed by atoms with E-state index in [1.807, 2.05) is 91.0 Å². The maximum Gasteiger partial charge on any atom is 0.164 e. The highest BCUT2D eigenvalue weighted by Gasteiger charge is 2.13. The van der Waals surface area contributed by atoms with Crippen molar-refractivity contribution in [3.63, 3.8) is 0 Å². The molecule has 4 aromatic carbocycles. The second-order valence-electron chi connectivity index (χ2n) is 8.81. The Hall–Kier alpha value is -4.96. The highest BCUT2D eigenvalue weighted by Crippen LogP contribution is 2.29. The van der Waals surface area contributed by atoms with E-state index < -0.39 is 0 Å². The molecule has 0 N–H and O–H groups in total. The van der Waals surface area contributed by atoms with E-state index in [2.05, 4.69) is 43.3 Å². The van der Waals surface area contributed by atoms with E-state index >= 15 is 0 Å². The summed E-state index contributed by atoms with van der Waals surface area (Å²) >= 11 is 0. The second kappa shape index (κ2) is 9.96. The van der Waals surface area contributed by atoms with Crippen LogP contribution in [0, 0.1) is 6.92 Å². The molecule has 0 saturated carbocycles. The van der Waals surface area contributed by atoms with Crippen LogP contribution in [0.25, 0.3) is 56.5 Å². The van der Waals surface area contributed by atoms with Gasteiger partial charge in [-0.2, -0.15) is 0 Å². The number of hydrogen-bond donors (Lipinski definition) is 0. The van der Waals surface area contributed by atoms with Crippen LogP contribution >= 0.6 is 0 Å². The van der Waals surface area contributed by atoms with E-state index in [9.17, 15) is 0 Å². The van der Waals surface area contributed by atoms with Gasteiger partial charge in [0, 0.05) is 33.5 Å². The van der Waals surface area contributed by atoms with Crippen LogP contribution in [0.15, 0.2) is 127 Å². The molecule has 0 spiro atoms. The monoisotopic (exact) mass is 476 g/mol. The lowest BCUT2D eigenvalue weighted by Gasteiger charge is -2.11. The second-order valence-corrected chi connectivity index (χ2v) is 8.81. The van der Waals surface area contributed by atoms with Crippen molar-refractivity contribution in [2.24, 2.45) is 0 Å². The Morgan fingerprint density at radius 2 is 0.838 bits per heavy atom. The first-order valence-corrected chi connectivity index (χ1v) is 12.3. The molecule has 0 aliphatic carbocycles. The summed E-state index contributed by atoms with van der Waals surface area (Å²) in [6.45, 7) is 2.06. The smallest absolute Gasteiger partial charge is 0.164 e. The molecule has 6 aromatic rings. The van der Waals surface area contributed by atoms with Crippen molar-refractivity contribution >= 4 is 0 Å². The van der Waals surface area contributed by atoms with E-state index in [4.69, 9.17) is 19.9 Å². The molecule has 176 valence electrons. The van der Waals surface area contributed by atoms with Crippen LogP contribution in [0.2, 0.25) is 0 Å². The molecule has 0 amide bonds. The molecule has 0 saturated heterocycles. The molecule has 0 radical (unpaired) electrons. The summed E-state index contributed by atoms with van der Waals surface area (Å²) in [5.74, 6) is 1.93. The van der Waals surface area contributed by atoms with Crippen LogP contribution in [-0.4, -0.2) is 19.9 Å². The number of aryl methyl sites for hydroxylation is 1. The summed E-state index contributed by atoms with van der Waals surface area (Å²) in [5.41, 5.74) is 8.05. The first-order valence-electron chi connectivity index (χ1n) is 12.3. The molecule has 0 aliphatic rings. The van der Waals surface area contributed by atoms with Crippen LogP contribution in [0.4, 0.5) is 0 Å². The highest BCUT2D eigenvalue weighted by atomic mass is 15.0. The van der Waals surface area contributed by atoms with Crippen molar-refractivity contribution in [3.05, 3.63) is 133 Å². The molecular weight excluding hydrogens is 452 g/mol. The standard InChI is InChI=1S/C33H24N4/c1-23-29(24-12-5-2-6-13-24)20-21-30(34-23)27-18-11-19-28(22-27)33-36-31(25-14-7-3-8-15-25)35-32(37-33)26-16-9-4-10-17-26/h2-22H,1H3. The average molecular weight is 477 g/mol. The Kier molecular flexibility index (Phi) is 6.05. The van der Waals surface area contributed by atoms with Crippen molar-refractivity contribution in [2.45, 2.75) is 6.92 Å². The van der Waals surface area contributed by atoms with Crippen molar-refractivity contribution in [1.82, 2.24) is 19.9 Å². The number of pyridine rings is 1. The van der Waals surface area contributed by atoms with Gasteiger partial charge in [0.05, 0.1) is 5.69 Å². The van der Waals surface area contributed by atoms with Gasteiger partial charge in [-0.15, -0.1) is 0 Å².